The van der Waals surface area contributed by atoms with E-state index in [9.17, 15) is 4.79 Å². The van der Waals surface area contributed by atoms with Crippen LogP contribution in [0.15, 0.2) is 11.8 Å². The molecule has 0 aromatic rings. The quantitative estimate of drug-likeness (QED) is 0.673. The highest BCUT2D eigenvalue weighted by molar-refractivity contribution is 5.75. The third kappa shape index (κ3) is 7.54. The summed E-state index contributed by atoms with van der Waals surface area (Å²) in [4.78, 5) is 12.0. The summed E-state index contributed by atoms with van der Waals surface area (Å²) in [6, 6.07) is 0. The minimum atomic E-state index is -0.217. The lowest BCUT2D eigenvalue weighted by Crippen LogP contribution is -2.19. The van der Waals surface area contributed by atoms with Crippen molar-refractivity contribution < 1.29 is 14.3 Å². The van der Waals surface area contributed by atoms with Crippen molar-refractivity contribution in [3.05, 3.63) is 11.8 Å². The van der Waals surface area contributed by atoms with E-state index in [0.29, 0.717) is 0 Å². The average molecular weight is 296 g/mol. The number of allylic oxidation sites excluding steroid dienone is 1. The number of esters is 1. The number of carbonyl (C=O) groups excluding carboxylic acids is 1. The van der Waals surface area contributed by atoms with Crippen molar-refractivity contribution in [3.63, 3.8) is 0 Å². The summed E-state index contributed by atoms with van der Waals surface area (Å²) < 4.78 is 10.4. The number of rotatable bonds is 2. The highest BCUT2D eigenvalue weighted by Crippen LogP contribution is 2.23. The first-order valence-electron chi connectivity index (χ1n) is 8.61. The Morgan fingerprint density at radius 1 is 0.905 bits per heavy atom. The zero-order chi connectivity index (χ0) is 15.3. The zero-order valence-corrected chi connectivity index (χ0v) is 13.9. The first-order valence-corrected chi connectivity index (χ1v) is 8.61. The Balaban J connectivity index is 2.63. The van der Waals surface area contributed by atoms with Gasteiger partial charge in [-0.15, -0.1) is 0 Å². The largest absolute Gasteiger partial charge is 0.501 e. The van der Waals surface area contributed by atoms with Crippen LogP contribution in [-0.4, -0.2) is 20.2 Å². The van der Waals surface area contributed by atoms with Gasteiger partial charge in [-0.2, -0.15) is 0 Å². The lowest BCUT2D eigenvalue weighted by molar-refractivity contribution is -0.145. The molecule has 0 aromatic heterocycles. The van der Waals surface area contributed by atoms with Crippen LogP contribution < -0.4 is 0 Å². The molecule has 0 aliphatic heterocycles. The molecule has 0 saturated carbocycles. The summed E-state index contributed by atoms with van der Waals surface area (Å²) in [5.41, 5.74) is 0. The topological polar surface area (TPSA) is 35.5 Å². The van der Waals surface area contributed by atoms with E-state index in [1.807, 2.05) is 0 Å². The van der Waals surface area contributed by atoms with Crippen LogP contribution in [0.25, 0.3) is 0 Å². The molecule has 1 rings (SSSR count). The Kier molecular flexibility index (Phi) is 10.0. The fourth-order valence-electron chi connectivity index (χ4n) is 3.04. The summed E-state index contributed by atoms with van der Waals surface area (Å²) >= 11 is 0. The molecule has 1 aliphatic carbocycles. The second kappa shape index (κ2) is 11.6. The van der Waals surface area contributed by atoms with Gasteiger partial charge in [0.2, 0.25) is 0 Å². The Morgan fingerprint density at radius 3 is 1.95 bits per heavy atom. The fourth-order valence-corrected chi connectivity index (χ4v) is 3.04. The van der Waals surface area contributed by atoms with Gasteiger partial charge < -0.3 is 9.47 Å². The van der Waals surface area contributed by atoms with E-state index in [1.165, 1.54) is 64.9 Å². The van der Waals surface area contributed by atoms with Gasteiger partial charge in [0.25, 0.3) is 0 Å². The SMILES string of the molecule is COC(=O)C1CCCCCCCCCCCCC=C1OC. The molecule has 0 heterocycles. The van der Waals surface area contributed by atoms with Gasteiger partial charge in [0.15, 0.2) is 0 Å². The van der Waals surface area contributed by atoms with Crippen LogP contribution in [0.3, 0.4) is 0 Å². The number of hydrogen-bond acceptors (Lipinski definition) is 3. The first kappa shape index (κ1) is 18.1. The van der Waals surface area contributed by atoms with Gasteiger partial charge in [-0.25, -0.2) is 0 Å². The fraction of sp³-hybridized carbons (Fsp3) is 0.833. The Bertz CT molecular complexity index is 310. The van der Waals surface area contributed by atoms with Crippen molar-refractivity contribution in [2.24, 2.45) is 5.92 Å². The minimum Gasteiger partial charge on any atom is -0.501 e. The van der Waals surface area contributed by atoms with E-state index in [0.717, 1.165) is 25.0 Å². The van der Waals surface area contributed by atoms with Gasteiger partial charge in [0, 0.05) is 0 Å². The maximum Gasteiger partial charge on any atom is 0.316 e. The summed E-state index contributed by atoms with van der Waals surface area (Å²) in [6.07, 6.45) is 16.7. The third-order valence-electron chi connectivity index (χ3n) is 4.36. The molecule has 3 nitrogen and oxygen atoms in total. The number of hydrogen-bond donors (Lipinski definition) is 0. The maximum absolute atomic E-state index is 12.0. The number of carbonyl (C=O) groups is 1. The highest BCUT2D eigenvalue weighted by atomic mass is 16.5. The molecule has 0 bridgehead atoms. The predicted molar refractivity (Wildman–Crippen MR) is 86.0 cm³/mol. The van der Waals surface area contributed by atoms with Crippen LogP contribution >= 0.6 is 0 Å². The molecular weight excluding hydrogens is 264 g/mol. The smallest absolute Gasteiger partial charge is 0.316 e. The summed E-state index contributed by atoms with van der Waals surface area (Å²) in [5.74, 6) is 0.425. The Labute approximate surface area is 130 Å². The van der Waals surface area contributed by atoms with Crippen LogP contribution in [-0.2, 0) is 14.3 Å². The molecule has 0 saturated heterocycles. The second-order valence-electron chi connectivity index (χ2n) is 6.00. The molecule has 122 valence electrons. The van der Waals surface area contributed by atoms with Crippen molar-refractivity contribution in [3.8, 4) is 0 Å². The average Bonchev–Trinajstić information content (AvgIpc) is 2.52. The molecule has 21 heavy (non-hydrogen) atoms. The lowest BCUT2D eigenvalue weighted by Gasteiger charge is -2.17. The van der Waals surface area contributed by atoms with Crippen molar-refractivity contribution in [1.29, 1.82) is 0 Å². The van der Waals surface area contributed by atoms with Gasteiger partial charge >= 0.3 is 5.97 Å². The molecule has 3 heteroatoms. The highest BCUT2D eigenvalue weighted by Gasteiger charge is 2.24. The molecule has 0 aromatic carbocycles. The number of methoxy groups -OCH3 is 2. The molecule has 0 spiro atoms. The summed E-state index contributed by atoms with van der Waals surface area (Å²) in [7, 11) is 3.13. The van der Waals surface area contributed by atoms with Crippen molar-refractivity contribution in [1.82, 2.24) is 0 Å². The zero-order valence-electron chi connectivity index (χ0n) is 13.9. The van der Waals surface area contributed by atoms with Gasteiger partial charge in [0.1, 0.15) is 11.7 Å². The number of ether oxygens (including phenoxy) is 2. The standard InChI is InChI=1S/C18H32O3/c1-20-17-15-13-11-9-7-5-3-4-6-8-10-12-14-16(17)18(19)21-2/h15-16H,3-14H2,1-2H3. The predicted octanol–water partition coefficient (Wildman–Crippen LogP) is 5.00. The molecule has 1 aliphatic rings. The van der Waals surface area contributed by atoms with Gasteiger partial charge in [-0.1, -0.05) is 57.8 Å². The molecule has 0 N–H and O–H groups in total. The van der Waals surface area contributed by atoms with Gasteiger partial charge in [0.05, 0.1) is 14.2 Å². The molecular formula is C18H32O3. The summed E-state index contributed by atoms with van der Waals surface area (Å²) in [6.45, 7) is 0. The normalized spacial score (nSPS) is 23.3. The van der Waals surface area contributed by atoms with E-state index in [2.05, 4.69) is 6.08 Å². The minimum absolute atomic E-state index is 0.160. The van der Waals surface area contributed by atoms with E-state index >= 15 is 0 Å². The van der Waals surface area contributed by atoms with Gasteiger partial charge in [-0.05, 0) is 25.3 Å². The van der Waals surface area contributed by atoms with Crippen LogP contribution in [0.1, 0.15) is 77.0 Å². The Morgan fingerprint density at radius 2 is 1.43 bits per heavy atom. The molecule has 0 amide bonds. The third-order valence-corrected chi connectivity index (χ3v) is 4.36. The lowest BCUT2D eigenvalue weighted by atomic mass is 9.97. The van der Waals surface area contributed by atoms with E-state index in [1.54, 1.807) is 7.11 Å². The monoisotopic (exact) mass is 296 g/mol. The summed E-state index contributed by atoms with van der Waals surface area (Å²) in [5, 5.41) is 0. The molecule has 1 unspecified atom stereocenters. The maximum atomic E-state index is 12.0. The Hall–Kier alpha value is -0.990. The van der Waals surface area contributed by atoms with E-state index in [4.69, 9.17) is 9.47 Å². The molecule has 0 fully saturated rings. The van der Waals surface area contributed by atoms with Crippen molar-refractivity contribution in [2.45, 2.75) is 77.0 Å². The van der Waals surface area contributed by atoms with Crippen molar-refractivity contribution in [2.75, 3.05) is 14.2 Å². The van der Waals surface area contributed by atoms with Crippen LogP contribution in [0.4, 0.5) is 0 Å². The molecule has 1 atom stereocenters. The van der Waals surface area contributed by atoms with Crippen molar-refractivity contribution >= 4 is 5.97 Å². The second-order valence-corrected chi connectivity index (χ2v) is 6.00. The van der Waals surface area contributed by atoms with Gasteiger partial charge in [-0.3, -0.25) is 4.79 Å². The van der Waals surface area contributed by atoms with E-state index < -0.39 is 0 Å². The van der Waals surface area contributed by atoms with Crippen LogP contribution in [0, 0.1) is 5.92 Å². The van der Waals surface area contributed by atoms with E-state index in [-0.39, 0.29) is 11.9 Å². The first-order chi connectivity index (χ1) is 10.3. The molecule has 0 radical (unpaired) electrons. The van der Waals surface area contributed by atoms with Crippen LogP contribution in [0.2, 0.25) is 0 Å². The van der Waals surface area contributed by atoms with Crippen LogP contribution in [0.5, 0.6) is 0 Å².